The van der Waals surface area contributed by atoms with E-state index in [0.29, 0.717) is 18.3 Å². The number of rotatable bonds is 2. The number of terminal acetylenes is 1. The third kappa shape index (κ3) is 2.81. The zero-order valence-corrected chi connectivity index (χ0v) is 9.87. The van der Waals surface area contributed by atoms with Crippen LogP contribution in [-0.4, -0.2) is 33.3 Å². The fourth-order valence-corrected chi connectivity index (χ4v) is 1.57. The Morgan fingerprint density at radius 3 is 3.19 bits per heavy atom. The topological polar surface area (TPSA) is 55.6 Å². The van der Waals surface area contributed by atoms with Gasteiger partial charge in [0.1, 0.15) is 6.54 Å². The summed E-state index contributed by atoms with van der Waals surface area (Å²) in [5, 5.41) is 15.3. The van der Waals surface area contributed by atoms with Gasteiger partial charge in [0.25, 0.3) is 0 Å². The van der Waals surface area contributed by atoms with E-state index in [0.717, 1.165) is 18.7 Å². The maximum Gasteiger partial charge on any atom is 0.201 e. The van der Waals surface area contributed by atoms with Crippen molar-refractivity contribution in [3.63, 3.8) is 0 Å². The first-order valence-corrected chi connectivity index (χ1v) is 4.92. The van der Waals surface area contributed by atoms with E-state index < -0.39 is 0 Å². The molecule has 16 heavy (non-hydrogen) atoms. The van der Waals surface area contributed by atoms with Gasteiger partial charge in [0.05, 0.1) is 0 Å². The van der Waals surface area contributed by atoms with Gasteiger partial charge in [-0.2, -0.15) is 4.80 Å². The molecule has 2 heterocycles. The van der Waals surface area contributed by atoms with Crippen molar-refractivity contribution < 1.29 is 0 Å². The normalized spacial score (nSPS) is 19.5. The van der Waals surface area contributed by atoms with Crippen LogP contribution in [0.25, 0.3) is 5.57 Å². The largest absolute Gasteiger partial charge is 0.312 e. The van der Waals surface area contributed by atoms with Gasteiger partial charge in [-0.25, -0.2) is 0 Å². The van der Waals surface area contributed by atoms with Gasteiger partial charge in [-0.05, 0) is 11.1 Å². The molecule has 0 saturated carbocycles. The predicted molar refractivity (Wildman–Crippen MR) is 63.9 cm³/mol. The fraction of sp³-hybridized carbons (Fsp3) is 0.500. The number of hydrogen-bond acceptors (Lipinski definition) is 4. The Morgan fingerprint density at radius 2 is 2.50 bits per heavy atom. The number of tetrazole rings is 1. The first kappa shape index (κ1) is 12.7. The Labute approximate surface area is 101 Å². The lowest BCUT2D eigenvalue weighted by atomic mass is 10.0. The van der Waals surface area contributed by atoms with Crippen molar-refractivity contribution in [2.24, 2.45) is 5.92 Å². The molecule has 1 aromatic heterocycles. The van der Waals surface area contributed by atoms with Crippen LogP contribution in [0.3, 0.4) is 0 Å². The number of nitrogens with one attached hydrogen (secondary N) is 1. The third-order valence-corrected chi connectivity index (χ3v) is 2.24. The van der Waals surface area contributed by atoms with Crippen LogP contribution in [0.5, 0.6) is 0 Å². The molecule has 2 rings (SSSR count). The van der Waals surface area contributed by atoms with Gasteiger partial charge in [0.15, 0.2) is 0 Å². The summed E-state index contributed by atoms with van der Waals surface area (Å²) in [5.41, 5.74) is 1.09. The fourth-order valence-electron chi connectivity index (χ4n) is 1.57. The van der Waals surface area contributed by atoms with Crippen molar-refractivity contribution in [1.82, 2.24) is 25.5 Å². The van der Waals surface area contributed by atoms with Crippen LogP contribution in [0, 0.1) is 18.3 Å². The second-order valence-corrected chi connectivity index (χ2v) is 3.65. The van der Waals surface area contributed by atoms with Crippen LogP contribution in [0.15, 0.2) is 6.08 Å². The van der Waals surface area contributed by atoms with Crippen molar-refractivity contribution in [2.75, 3.05) is 13.1 Å². The van der Waals surface area contributed by atoms with E-state index in [-0.39, 0.29) is 12.4 Å². The monoisotopic (exact) mass is 239 g/mol. The first-order valence-electron chi connectivity index (χ1n) is 4.92. The van der Waals surface area contributed by atoms with E-state index >= 15 is 0 Å². The number of halogens is 1. The quantitative estimate of drug-likeness (QED) is 0.757. The molecule has 1 aliphatic rings. The Morgan fingerprint density at radius 1 is 1.69 bits per heavy atom. The van der Waals surface area contributed by atoms with E-state index in [1.807, 2.05) is 0 Å². The molecule has 0 amide bonds. The predicted octanol–water partition coefficient (Wildman–Crippen LogP) is 0.351. The molecular weight excluding hydrogens is 226 g/mol. The minimum Gasteiger partial charge on any atom is -0.312 e. The lowest BCUT2D eigenvalue weighted by Gasteiger charge is -2.16. The highest BCUT2D eigenvalue weighted by Gasteiger charge is 2.14. The Balaban J connectivity index is 0.00000128. The maximum absolute atomic E-state index is 5.16. The van der Waals surface area contributed by atoms with E-state index in [1.165, 1.54) is 4.80 Å². The average Bonchev–Trinajstić information content (AvgIpc) is 2.67. The molecule has 1 aromatic rings. The van der Waals surface area contributed by atoms with Crippen LogP contribution in [0.4, 0.5) is 0 Å². The van der Waals surface area contributed by atoms with Gasteiger partial charge in [-0.1, -0.05) is 18.9 Å². The minimum atomic E-state index is 0. The lowest BCUT2D eigenvalue weighted by molar-refractivity contribution is 0.589. The molecule has 86 valence electrons. The van der Waals surface area contributed by atoms with Crippen LogP contribution in [0.1, 0.15) is 12.7 Å². The van der Waals surface area contributed by atoms with Gasteiger partial charge in [-0.15, -0.1) is 29.0 Å². The summed E-state index contributed by atoms with van der Waals surface area (Å²) in [4.78, 5) is 1.43. The molecule has 0 spiro atoms. The summed E-state index contributed by atoms with van der Waals surface area (Å²) in [7, 11) is 0. The molecule has 0 aliphatic carbocycles. The molecule has 0 fully saturated rings. The van der Waals surface area contributed by atoms with Crippen LogP contribution >= 0.6 is 12.4 Å². The summed E-state index contributed by atoms with van der Waals surface area (Å²) >= 11 is 0. The van der Waals surface area contributed by atoms with Crippen LogP contribution < -0.4 is 5.32 Å². The minimum absolute atomic E-state index is 0. The van der Waals surface area contributed by atoms with Gasteiger partial charge in [0.2, 0.25) is 5.82 Å². The summed E-state index contributed by atoms with van der Waals surface area (Å²) in [6.07, 6.45) is 7.34. The Hall–Kier alpha value is -1.38. The van der Waals surface area contributed by atoms with E-state index in [2.05, 4.69) is 39.6 Å². The highest BCUT2D eigenvalue weighted by atomic mass is 35.5. The third-order valence-electron chi connectivity index (χ3n) is 2.24. The van der Waals surface area contributed by atoms with Gasteiger partial charge >= 0.3 is 0 Å². The SMILES string of the molecule is C#CCn1nnc(C2=CC(C)CNC2)n1.Cl. The highest BCUT2D eigenvalue weighted by molar-refractivity contribution is 5.85. The van der Waals surface area contributed by atoms with Gasteiger partial charge < -0.3 is 5.32 Å². The van der Waals surface area contributed by atoms with E-state index in [1.54, 1.807) is 0 Å². The molecule has 1 atom stereocenters. The smallest absolute Gasteiger partial charge is 0.201 e. The summed E-state index contributed by atoms with van der Waals surface area (Å²) < 4.78 is 0. The molecule has 1 aliphatic heterocycles. The van der Waals surface area contributed by atoms with Crippen molar-refractivity contribution in [3.05, 3.63) is 11.9 Å². The molecule has 6 heteroatoms. The number of hydrogen-bond donors (Lipinski definition) is 1. The molecule has 1 unspecified atom stereocenters. The zero-order valence-electron chi connectivity index (χ0n) is 9.05. The summed E-state index contributed by atoms with van der Waals surface area (Å²) in [6, 6.07) is 0. The Kier molecular flexibility index (Phi) is 4.47. The molecule has 5 nitrogen and oxygen atoms in total. The lowest BCUT2D eigenvalue weighted by Crippen LogP contribution is -2.27. The number of aromatic nitrogens is 4. The van der Waals surface area contributed by atoms with Crippen molar-refractivity contribution >= 4 is 18.0 Å². The summed E-state index contributed by atoms with van der Waals surface area (Å²) in [5.74, 6) is 3.65. The van der Waals surface area contributed by atoms with Crippen molar-refractivity contribution in [2.45, 2.75) is 13.5 Å². The molecular formula is C10H14ClN5. The Bertz CT molecular complexity index is 417. The van der Waals surface area contributed by atoms with Gasteiger partial charge in [0, 0.05) is 18.7 Å². The molecule has 0 aromatic carbocycles. The molecule has 1 N–H and O–H groups in total. The summed E-state index contributed by atoms with van der Waals surface area (Å²) in [6.45, 7) is 4.31. The average molecular weight is 240 g/mol. The standard InChI is InChI=1S/C10H13N5.ClH/c1-3-4-15-13-10(12-14-15)9-5-8(2)6-11-7-9;/h1,5,8,11H,4,6-7H2,2H3;1H. The van der Waals surface area contributed by atoms with Crippen molar-refractivity contribution in [3.8, 4) is 12.3 Å². The highest BCUT2D eigenvalue weighted by Crippen LogP contribution is 2.14. The van der Waals surface area contributed by atoms with Crippen molar-refractivity contribution in [1.29, 1.82) is 0 Å². The molecule has 0 radical (unpaired) electrons. The molecule has 0 bridgehead atoms. The van der Waals surface area contributed by atoms with E-state index in [4.69, 9.17) is 6.42 Å². The maximum atomic E-state index is 5.16. The number of nitrogens with zero attached hydrogens (tertiary/aromatic N) is 4. The zero-order chi connectivity index (χ0) is 10.7. The second kappa shape index (κ2) is 5.64. The van der Waals surface area contributed by atoms with E-state index in [9.17, 15) is 0 Å². The van der Waals surface area contributed by atoms with Crippen LogP contribution in [-0.2, 0) is 6.54 Å². The van der Waals surface area contributed by atoms with Crippen LogP contribution in [0.2, 0.25) is 0 Å². The molecule has 0 saturated heterocycles. The second-order valence-electron chi connectivity index (χ2n) is 3.65. The van der Waals surface area contributed by atoms with Gasteiger partial charge in [-0.3, -0.25) is 0 Å². The first-order chi connectivity index (χ1) is 7.29.